The Labute approximate surface area is 247 Å². The Morgan fingerprint density at radius 3 is 2.21 bits per heavy atom. The maximum Gasteiger partial charge on any atom is 0.254 e. The van der Waals surface area contributed by atoms with Crippen LogP contribution in [0.1, 0.15) is 48.7 Å². The Hall–Kier alpha value is -4.25. The number of nitrogens with two attached hydrogens (primary N) is 1. The van der Waals surface area contributed by atoms with Crippen LogP contribution in [0.2, 0.25) is 0 Å². The summed E-state index contributed by atoms with van der Waals surface area (Å²) in [6.45, 7) is 5.51. The number of nitrogens with zero attached hydrogens (tertiary/aromatic N) is 2. The lowest BCUT2D eigenvalue weighted by Gasteiger charge is -2.30. The summed E-state index contributed by atoms with van der Waals surface area (Å²) in [7, 11) is 1.50. The molecule has 3 rings (SSSR count). The first-order valence-electron chi connectivity index (χ1n) is 14.3. The van der Waals surface area contributed by atoms with Crippen LogP contribution in [-0.4, -0.2) is 84.1 Å². The molecule has 0 radical (unpaired) electrons. The molecule has 0 unspecified atom stereocenters. The molecule has 0 aliphatic carbocycles. The predicted octanol–water partition coefficient (Wildman–Crippen LogP) is 0.823. The van der Waals surface area contributed by atoms with Crippen LogP contribution in [-0.2, 0) is 32.1 Å². The van der Waals surface area contributed by atoms with Gasteiger partial charge >= 0.3 is 0 Å². The van der Waals surface area contributed by atoms with Crippen LogP contribution < -0.4 is 21.7 Å². The molecule has 11 heteroatoms. The summed E-state index contributed by atoms with van der Waals surface area (Å²) in [5, 5.41) is 8.38. The van der Waals surface area contributed by atoms with Gasteiger partial charge in [0.25, 0.3) is 5.91 Å². The van der Waals surface area contributed by atoms with Crippen LogP contribution in [0.4, 0.5) is 0 Å². The highest BCUT2D eigenvalue weighted by molar-refractivity contribution is 5.98. The smallest absolute Gasteiger partial charge is 0.254 e. The van der Waals surface area contributed by atoms with E-state index >= 15 is 0 Å². The number of rotatable bonds is 6. The van der Waals surface area contributed by atoms with E-state index in [0.717, 1.165) is 11.1 Å². The summed E-state index contributed by atoms with van der Waals surface area (Å²) < 4.78 is 0. The summed E-state index contributed by atoms with van der Waals surface area (Å²) >= 11 is 0. The van der Waals surface area contributed by atoms with Crippen LogP contribution in [0.5, 0.6) is 0 Å². The second-order valence-electron chi connectivity index (χ2n) is 11.0. The molecule has 1 heterocycles. The van der Waals surface area contributed by atoms with Crippen molar-refractivity contribution in [3.63, 3.8) is 0 Å². The molecule has 2 aromatic rings. The number of likely N-dealkylation sites (N-methyl/N-ethyl adjacent to an activating group) is 1. The Bertz CT molecular complexity index is 1250. The molecule has 226 valence electrons. The van der Waals surface area contributed by atoms with Crippen LogP contribution >= 0.6 is 0 Å². The first kappa shape index (κ1) is 32.3. The highest BCUT2D eigenvalue weighted by atomic mass is 16.2. The number of hydrogen-bond acceptors (Lipinski definition) is 6. The van der Waals surface area contributed by atoms with Gasteiger partial charge in [-0.25, -0.2) is 0 Å². The quantitative estimate of drug-likeness (QED) is 0.398. The van der Waals surface area contributed by atoms with Crippen molar-refractivity contribution in [1.82, 2.24) is 25.8 Å². The first-order valence-corrected chi connectivity index (χ1v) is 14.3. The van der Waals surface area contributed by atoms with E-state index in [-0.39, 0.29) is 32.0 Å². The van der Waals surface area contributed by atoms with E-state index in [1.54, 1.807) is 31.2 Å². The Morgan fingerprint density at radius 2 is 1.60 bits per heavy atom. The maximum absolute atomic E-state index is 13.5. The SMILES string of the molecule is CC(C)C[C@@H]1NC(=O)CN(C(=O)c2ccc(CN)cc2)CCNC(=O)[C@H](Cc2ccccc2)NC(=O)[C@H](C)N(C)C1=O. The molecule has 1 saturated heterocycles. The molecule has 2 aromatic carbocycles. The lowest BCUT2D eigenvalue weighted by Crippen LogP contribution is -2.57. The van der Waals surface area contributed by atoms with Crippen LogP contribution in [0.3, 0.4) is 0 Å². The van der Waals surface area contributed by atoms with E-state index in [4.69, 9.17) is 5.73 Å². The third-order valence-corrected chi connectivity index (χ3v) is 7.30. The van der Waals surface area contributed by atoms with Crippen LogP contribution in [0.25, 0.3) is 0 Å². The van der Waals surface area contributed by atoms with E-state index in [0.29, 0.717) is 18.5 Å². The average molecular weight is 579 g/mol. The first-order chi connectivity index (χ1) is 20.0. The molecular weight excluding hydrogens is 536 g/mol. The lowest BCUT2D eigenvalue weighted by atomic mass is 10.0. The van der Waals surface area contributed by atoms with Gasteiger partial charge in [0, 0.05) is 38.7 Å². The van der Waals surface area contributed by atoms with Crippen molar-refractivity contribution >= 4 is 29.5 Å². The minimum absolute atomic E-state index is 0.0295. The Balaban J connectivity index is 1.93. The standard InChI is InChI=1S/C31H42N6O5/c1-20(2)16-26-31(42)36(4)21(3)28(39)35-25(17-22-8-6-5-7-9-22)29(40)33-14-15-37(19-27(38)34-26)30(41)24-12-10-23(18-32)11-13-24/h5-13,20-21,25-26H,14-19,32H2,1-4H3,(H,33,40)(H,34,38)(H,35,39)/t21-,25-,26-/m0/s1. The van der Waals surface area contributed by atoms with Crippen molar-refractivity contribution < 1.29 is 24.0 Å². The summed E-state index contributed by atoms with van der Waals surface area (Å²) in [5.74, 6) is -2.23. The van der Waals surface area contributed by atoms with E-state index in [9.17, 15) is 24.0 Å². The summed E-state index contributed by atoms with van der Waals surface area (Å²) in [6.07, 6.45) is 0.573. The van der Waals surface area contributed by atoms with E-state index in [1.807, 2.05) is 44.2 Å². The molecule has 5 N–H and O–H groups in total. The minimum Gasteiger partial charge on any atom is -0.353 e. The number of benzene rings is 2. The zero-order chi connectivity index (χ0) is 30.8. The van der Waals surface area contributed by atoms with Crippen molar-refractivity contribution in [3.8, 4) is 0 Å². The van der Waals surface area contributed by atoms with E-state index < -0.39 is 47.7 Å². The van der Waals surface area contributed by atoms with Crippen molar-refractivity contribution in [1.29, 1.82) is 0 Å². The molecule has 0 spiro atoms. The second-order valence-corrected chi connectivity index (χ2v) is 11.0. The lowest BCUT2D eigenvalue weighted by molar-refractivity contribution is -0.142. The second kappa shape index (κ2) is 15.1. The zero-order valence-electron chi connectivity index (χ0n) is 24.8. The van der Waals surface area contributed by atoms with Gasteiger partial charge in [0.1, 0.15) is 18.1 Å². The fourth-order valence-electron chi connectivity index (χ4n) is 4.73. The van der Waals surface area contributed by atoms with Gasteiger partial charge in [0.2, 0.25) is 23.6 Å². The minimum atomic E-state index is -0.921. The fourth-order valence-corrected chi connectivity index (χ4v) is 4.73. The molecule has 3 atom stereocenters. The number of hydrogen-bond donors (Lipinski definition) is 4. The van der Waals surface area contributed by atoms with Gasteiger partial charge in [-0.3, -0.25) is 24.0 Å². The van der Waals surface area contributed by atoms with Gasteiger partial charge in [-0.15, -0.1) is 0 Å². The molecule has 0 aromatic heterocycles. The summed E-state index contributed by atoms with van der Waals surface area (Å²) in [4.78, 5) is 69.4. The molecule has 1 fully saturated rings. The van der Waals surface area contributed by atoms with Gasteiger partial charge in [0.05, 0.1) is 6.54 Å². The number of amides is 5. The third kappa shape index (κ3) is 8.87. The third-order valence-electron chi connectivity index (χ3n) is 7.30. The monoisotopic (exact) mass is 578 g/mol. The van der Waals surface area contributed by atoms with Crippen molar-refractivity contribution in [3.05, 3.63) is 71.3 Å². The van der Waals surface area contributed by atoms with Crippen LogP contribution in [0, 0.1) is 5.92 Å². The largest absolute Gasteiger partial charge is 0.353 e. The molecule has 5 amide bonds. The normalized spacial score (nSPS) is 21.2. The molecule has 0 bridgehead atoms. The molecule has 1 aliphatic heterocycles. The van der Waals surface area contributed by atoms with E-state index in [1.165, 1.54) is 16.8 Å². The molecule has 42 heavy (non-hydrogen) atoms. The van der Waals surface area contributed by atoms with Gasteiger partial charge in [-0.1, -0.05) is 56.3 Å². The summed E-state index contributed by atoms with van der Waals surface area (Å²) in [5.41, 5.74) is 7.75. The average Bonchev–Trinajstić information content (AvgIpc) is 2.98. The van der Waals surface area contributed by atoms with Crippen LogP contribution in [0.15, 0.2) is 54.6 Å². The van der Waals surface area contributed by atoms with Gasteiger partial charge in [-0.2, -0.15) is 0 Å². The van der Waals surface area contributed by atoms with Crippen molar-refractivity contribution in [2.75, 3.05) is 26.7 Å². The topological polar surface area (TPSA) is 154 Å². The highest BCUT2D eigenvalue weighted by Crippen LogP contribution is 2.12. The Morgan fingerprint density at radius 1 is 0.929 bits per heavy atom. The Kier molecular flexibility index (Phi) is 11.6. The van der Waals surface area contributed by atoms with Gasteiger partial charge in [-0.05, 0) is 42.5 Å². The fraction of sp³-hybridized carbons (Fsp3) is 0.452. The number of carbonyl (C=O) groups is 5. The van der Waals surface area contributed by atoms with Gasteiger partial charge < -0.3 is 31.5 Å². The van der Waals surface area contributed by atoms with E-state index in [2.05, 4.69) is 16.0 Å². The number of carbonyl (C=O) groups excluding carboxylic acids is 5. The maximum atomic E-state index is 13.5. The summed E-state index contributed by atoms with van der Waals surface area (Å²) in [6, 6.07) is 13.3. The van der Waals surface area contributed by atoms with Gasteiger partial charge in [0.15, 0.2) is 0 Å². The molecular formula is C31H42N6O5. The molecule has 1 aliphatic rings. The number of nitrogens with one attached hydrogen (secondary N) is 3. The van der Waals surface area contributed by atoms with Crippen molar-refractivity contribution in [2.45, 2.75) is 58.3 Å². The predicted molar refractivity (Wildman–Crippen MR) is 159 cm³/mol. The molecule has 11 nitrogen and oxygen atoms in total. The molecule has 0 saturated carbocycles. The zero-order valence-corrected chi connectivity index (χ0v) is 24.8. The van der Waals surface area contributed by atoms with Crippen molar-refractivity contribution in [2.24, 2.45) is 11.7 Å². The highest BCUT2D eigenvalue weighted by Gasteiger charge is 2.33.